The molecule has 19 heavy (non-hydrogen) atoms. The maximum absolute atomic E-state index is 9.05. The Labute approximate surface area is 117 Å². The molecule has 1 aromatic rings. The molecular weight excluding hydrogens is 262 g/mol. The predicted molar refractivity (Wildman–Crippen MR) is 76.9 cm³/mol. The highest BCUT2D eigenvalue weighted by Crippen LogP contribution is 2.45. The van der Waals surface area contributed by atoms with Gasteiger partial charge in [0.2, 0.25) is 0 Å². The number of thiophene rings is 1. The Morgan fingerprint density at radius 2 is 2.16 bits per heavy atom. The van der Waals surface area contributed by atoms with Crippen LogP contribution in [0.5, 0.6) is 5.75 Å². The number of nitriles is 1. The highest BCUT2D eigenvalue weighted by atomic mass is 32.1. The molecule has 1 aliphatic rings. The average molecular weight is 281 g/mol. The molecule has 0 radical (unpaired) electrons. The van der Waals surface area contributed by atoms with Gasteiger partial charge in [0.1, 0.15) is 21.6 Å². The summed E-state index contributed by atoms with van der Waals surface area (Å²) < 4.78 is 11.0. The Kier molecular flexibility index (Phi) is 4.51. The van der Waals surface area contributed by atoms with Crippen molar-refractivity contribution in [3.05, 3.63) is 4.88 Å². The zero-order valence-corrected chi connectivity index (χ0v) is 12.1. The number of ether oxygens (including phenoxy) is 2. The van der Waals surface area contributed by atoms with Gasteiger partial charge in [-0.25, -0.2) is 0 Å². The van der Waals surface area contributed by atoms with Crippen molar-refractivity contribution >= 4 is 22.0 Å². The van der Waals surface area contributed by atoms with E-state index in [0.717, 1.165) is 37.5 Å². The lowest BCUT2D eigenvalue weighted by atomic mass is 10.1. The second kappa shape index (κ2) is 6.13. The molecule has 0 aliphatic carbocycles. The minimum atomic E-state index is 0.347. The molecule has 6 heteroatoms. The van der Waals surface area contributed by atoms with E-state index in [-0.39, 0.29) is 0 Å². The molecule has 0 aromatic carbocycles. The molecule has 0 bridgehead atoms. The highest BCUT2D eigenvalue weighted by molar-refractivity contribution is 7.17. The lowest BCUT2D eigenvalue weighted by molar-refractivity contribution is 0.0459. The van der Waals surface area contributed by atoms with Crippen LogP contribution < -0.4 is 15.4 Å². The number of hydrogen-bond acceptors (Lipinski definition) is 6. The van der Waals surface area contributed by atoms with Crippen molar-refractivity contribution in [3.63, 3.8) is 0 Å². The summed E-state index contributed by atoms with van der Waals surface area (Å²) in [5.41, 5.74) is 6.37. The lowest BCUT2D eigenvalue weighted by Crippen LogP contribution is -2.36. The summed E-state index contributed by atoms with van der Waals surface area (Å²) in [6.07, 6.45) is 2.34. The van der Waals surface area contributed by atoms with Crippen LogP contribution >= 0.6 is 11.3 Å². The van der Waals surface area contributed by atoms with Gasteiger partial charge in [-0.05, 0) is 19.8 Å². The van der Waals surface area contributed by atoms with Gasteiger partial charge in [-0.3, -0.25) is 0 Å². The molecule has 1 fully saturated rings. The average Bonchev–Trinajstić information content (AvgIpc) is 2.76. The smallest absolute Gasteiger partial charge is 0.177 e. The summed E-state index contributed by atoms with van der Waals surface area (Å²) in [7, 11) is 1.59. The van der Waals surface area contributed by atoms with Crippen LogP contribution in [0.15, 0.2) is 0 Å². The molecule has 5 nitrogen and oxygen atoms in total. The maximum atomic E-state index is 9.05. The Morgan fingerprint density at radius 3 is 2.68 bits per heavy atom. The zero-order valence-electron chi connectivity index (χ0n) is 11.3. The van der Waals surface area contributed by atoms with Crippen LogP contribution in [-0.2, 0) is 4.74 Å². The van der Waals surface area contributed by atoms with Crippen molar-refractivity contribution in [2.24, 2.45) is 0 Å². The molecule has 0 unspecified atom stereocenters. The van der Waals surface area contributed by atoms with Crippen LogP contribution in [0.3, 0.4) is 0 Å². The Bertz CT molecular complexity index is 473. The Balaban J connectivity index is 2.13. The van der Waals surface area contributed by atoms with Crippen LogP contribution in [-0.4, -0.2) is 32.9 Å². The molecular formula is C13H19N3O2S. The van der Waals surface area contributed by atoms with E-state index in [1.54, 1.807) is 7.11 Å². The molecule has 0 saturated carbocycles. The topological polar surface area (TPSA) is 71.5 Å². The summed E-state index contributed by atoms with van der Waals surface area (Å²) >= 11 is 1.41. The van der Waals surface area contributed by atoms with Gasteiger partial charge in [-0.15, -0.1) is 11.3 Å². The first-order chi connectivity index (χ1) is 9.21. The first kappa shape index (κ1) is 14.0. The van der Waals surface area contributed by atoms with E-state index in [9.17, 15) is 0 Å². The van der Waals surface area contributed by atoms with Crippen LogP contribution in [0.1, 0.15) is 24.6 Å². The van der Waals surface area contributed by atoms with Crippen molar-refractivity contribution in [2.75, 3.05) is 37.4 Å². The number of nitrogens with zero attached hydrogens (tertiary/aromatic N) is 2. The summed E-state index contributed by atoms with van der Waals surface area (Å²) in [6.45, 7) is 4.60. The number of nitrogens with two attached hydrogens (primary N) is 1. The number of piperidine rings is 1. The molecule has 0 spiro atoms. The fourth-order valence-corrected chi connectivity index (χ4v) is 3.41. The van der Waals surface area contributed by atoms with Crippen molar-refractivity contribution in [1.82, 2.24) is 0 Å². The van der Waals surface area contributed by atoms with Crippen molar-refractivity contribution in [2.45, 2.75) is 25.9 Å². The van der Waals surface area contributed by atoms with E-state index in [1.807, 2.05) is 6.92 Å². The second-order valence-electron chi connectivity index (χ2n) is 4.44. The van der Waals surface area contributed by atoms with Crippen molar-refractivity contribution in [3.8, 4) is 11.8 Å². The lowest BCUT2D eigenvalue weighted by Gasteiger charge is -2.32. The summed E-state index contributed by atoms with van der Waals surface area (Å²) in [5, 5.41) is 10.0. The van der Waals surface area contributed by atoms with Gasteiger partial charge in [0.05, 0.1) is 13.2 Å². The fraction of sp³-hybridized carbons (Fsp3) is 0.615. The normalized spacial score (nSPS) is 16.4. The van der Waals surface area contributed by atoms with Crippen LogP contribution in [0.4, 0.5) is 10.7 Å². The number of hydrogen-bond donors (Lipinski definition) is 1. The molecule has 0 atom stereocenters. The van der Waals surface area contributed by atoms with Crippen molar-refractivity contribution < 1.29 is 9.47 Å². The number of nitrogen functional groups attached to an aromatic ring is 1. The molecule has 2 rings (SSSR count). The second-order valence-corrected chi connectivity index (χ2v) is 5.44. The van der Waals surface area contributed by atoms with E-state index in [2.05, 4.69) is 11.0 Å². The van der Waals surface area contributed by atoms with Gasteiger partial charge in [0, 0.05) is 19.7 Å². The van der Waals surface area contributed by atoms with Gasteiger partial charge in [0.15, 0.2) is 5.75 Å². The number of methoxy groups -OCH3 is 1. The van der Waals surface area contributed by atoms with Crippen LogP contribution in [0.25, 0.3) is 0 Å². The van der Waals surface area contributed by atoms with E-state index >= 15 is 0 Å². The van der Waals surface area contributed by atoms with E-state index < -0.39 is 0 Å². The molecule has 0 amide bonds. The maximum Gasteiger partial charge on any atom is 0.177 e. The molecule has 2 heterocycles. The summed E-state index contributed by atoms with van der Waals surface area (Å²) in [4.78, 5) is 2.76. The third-order valence-electron chi connectivity index (χ3n) is 3.32. The van der Waals surface area contributed by atoms with Gasteiger partial charge in [0.25, 0.3) is 0 Å². The SMILES string of the molecule is CCOC1CCN(c2sc(C#N)c(N)c2OC)CC1. The molecule has 1 saturated heterocycles. The highest BCUT2D eigenvalue weighted by Gasteiger charge is 2.26. The van der Waals surface area contributed by atoms with E-state index in [0.29, 0.717) is 22.4 Å². The third kappa shape index (κ3) is 2.77. The molecule has 1 aromatic heterocycles. The molecule has 104 valence electrons. The summed E-state index contributed by atoms with van der Waals surface area (Å²) in [5.74, 6) is 0.636. The van der Waals surface area contributed by atoms with Crippen LogP contribution in [0.2, 0.25) is 0 Å². The zero-order chi connectivity index (χ0) is 13.8. The molecule has 2 N–H and O–H groups in total. The number of rotatable bonds is 4. The predicted octanol–water partition coefficient (Wildman–Crippen LogP) is 2.22. The van der Waals surface area contributed by atoms with Gasteiger partial charge < -0.3 is 20.1 Å². The van der Waals surface area contributed by atoms with E-state index in [4.69, 9.17) is 20.5 Å². The molecule has 1 aliphatic heterocycles. The minimum absolute atomic E-state index is 0.347. The quantitative estimate of drug-likeness (QED) is 0.916. The van der Waals surface area contributed by atoms with Gasteiger partial charge >= 0.3 is 0 Å². The summed E-state index contributed by atoms with van der Waals surface area (Å²) in [6, 6.07) is 2.12. The van der Waals surface area contributed by atoms with Crippen molar-refractivity contribution in [1.29, 1.82) is 5.26 Å². The van der Waals surface area contributed by atoms with Gasteiger partial charge in [-0.1, -0.05) is 0 Å². The third-order valence-corrected chi connectivity index (χ3v) is 4.47. The Hall–Kier alpha value is -1.45. The minimum Gasteiger partial charge on any atom is -0.492 e. The van der Waals surface area contributed by atoms with Crippen LogP contribution in [0, 0.1) is 11.3 Å². The fourth-order valence-electron chi connectivity index (χ4n) is 2.37. The van der Waals surface area contributed by atoms with E-state index in [1.165, 1.54) is 11.3 Å². The Morgan fingerprint density at radius 1 is 1.47 bits per heavy atom. The first-order valence-electron chi connectivity index (χ1n) is 6.44. The first-order valence-corrected chi connectivity index (χ1v) is 7.25. The standard InChI is InChI=1S/C13H19N3O2S/c1-3-18-9-4-6-16(7-5-9)13-12(17-2)11(15)10(8-14)19-13/h9H,3-7,15H2,1-2H3. The number of anilines is 2. The monoisotopic (exact) mass is 281 g/mol. The van der Waals surface area contributed by atoms with Gasteiger partial charge in [-0.2, -0.15) is 5.26 Å². The largest absolute Gasteiger partial charge is 0.492 e.